The molecule has 0 radical (unpaired) electrons. The predicted molar refractivity (Wildman–Crippen MR) is 110 cm³/mol. The summed E-state index contributed by atoms with van der Waals surface area (Å²) in [5.74, 6) is 0.273. The molecule has 0 atom stereocenters. The first-order valence-electron chi connectivity index (χ1n) is 8.13. The maximum absolute atomic E-state index is 12.3. The van der Waals surface area contributed by atoms with Crippen LogP contribution >= 0.6 is 15.9 Å². The van der Waals surface area contributed by atoms with Crippen LogP contribution in [0.5, 0.6) is 0 Å². The first-order valence-corrected chi connectivity index (χ1v) is 10.4. The first kappa shape index (κ1) is 19.8. The molecule has 0 aliphatic carbocycles. The minimum absolute atomic E-state index is 0.0385. The first-order chi connectivity index (χ1) is 13.3. The Hall–Kier alpha value is -2.91. The Bertz CT molecular complexity index is 1100. The zero-order valence-corrected chi connectivity index (χ0v) is 17.1. The highest BCUT2D eigenvalue weighted by Gasteiger charge is 2.16. The standard InChI is InChI=1S/C19H16BrN3O4S/c1-13-12-18(22-27-13)23-28(25,26)17-9-7-16(8-10-17)21-19(24)11-4-14-2-5-15(20)6-3-14/h2-12H,1H3,(H,21,24)(H,22,23)/b11-4+. The topological polar surface area (TPSA) is 101 Å². The van der Waals surface area contributed by atoms with Crippen molar-refractivity contribution in [1.82, 2.24) is 5.16 Å². The van der Waals surface area contributed by atoms with Gasteiger partial charge in [0.25, 0.3) is 10.0 Å². The molecule has 0 spiro atoms. The van der Waals surface area contributed by atoms with Crippen LogP contribution in [0.25, 0.3) is 6.08 Å². The summed E-state index contributed by atoms with van der Waals surface area (Å²) in [7, 11) is -3.80. The fourth-order valence-electron chi connectivity index (χ4n) is 2.26. The van der Waals surface area contributed by atoms with E-state index in [1.807, 2.05) is 24.3 Å². The molecule has 3 aromatic rings. The molecule has 9 heteroatoms. The molecule has 3 rings (SSSR count). The summed E-state index contributed by atoms with van der Waals surface area (Å²) in [5, 5.41) is 6.28. The number of halogens is 1. The molecular formula is C19H16BrN3O4S. The van der Waals surface area contributed by atoms with E-state index in [4.69, 9.17) is 4.52 Å². The molecule has 144 valence electrons. The van der Waals surface area contributed by atoms with E-state index in [2.05, 4.69) is 31.1 Å². The monoisotopic (exact) mass is 461 g/mol. The molecule has 0 unspecified atom stereocenters. The maximum atomic E-state index is 12.3. The van der Waals surface area contributed by atoms with Crippen molar-refractivity contribution < 1.29 is 17.7 Å². The number of carbonyl (C=O) groups is 1. The number of rotatable bonds is 6. The minimum atomic E-state index is -3.80. The summed E-state index contributed by atoms with van der Waals surface area (Å²) >= 11 is 3.35. The van der Waals surface area contributed by atoms with Crippen molar-refractivity contribution in [2.75, 3.05) is 10.0 Å². The van der Waals surface area contributed by atoms with Crippen LogP contribution in [-0.2, 0) is 14.8 Å². The van der Waals surface area contributed by atoms with E-state index in [0.29, 0.717) is 11.4 Å². The van der Waals surface area contributed by atoms with Crippen molar-refractivity contribution in [3.63, 3.8) is 0 Å². The van der Waals surface area contributed by atoms with E-state index >= 15 is 0 Å². The lowest BCUT2D eigenvalue weighted by atomic mass is 10.2. The number of aromatic nitrogens is 1. The van der Waals surface area contributed by atoms with Gasteiger partial charge in [0.05, 0.1) is 4.90 Å². The Morgan fingerprint density at radius 2 is 1.79 bits per heavy atom. The molecule has 2 aromatic carbocycles. The van der Waals surface area contributed by atoms with E-state index in [9.17, 15) is 13.2 Å². The van der Waals surface area contributed by atoms with Crippen LogP contribution in [0.4, 0.5) is 11.5 Å². The number of amides is 1. The van der Waals surface area contributed by atoms with Gasteiger partial charge in [0.15, 0.2) is 5.82 Å². The van der Waals surface area contributed by atoms with E-state index in [-0.39, 0.29) is 16.6 Å². The lowest BCUT2D eigenvalue weighted by molar-refractivity contribution is -0.111. The van der Waals surface area contributed by atoms with Crippen LogP contribution < -0.4 is 10.0 Å². The Morgan fingerprint density at radius 1 is 1.11 bits per heavy atom. The molecule has 2 N–H and O–H groups in total. The van der Waals surface area contributed by atoms with Gasteiger partial charge < -0.3 is 9.84 Å². The summed E-state index contributed by atoms with van der Waals surface area (Å²) in [5.41, 5.74) is 1.36. The van der Waals surface area contributed by atoms with Gasteiger partial charge in [-0.15, -0.1) is 0 Å². The number of aryl methyl sites for hydroxylation is 1. The summed E-state index contributed by atoms with van der Waals surface area (Å²) in [6.45, 7) is 1.66. The number of hydrogen-bond acceptors (Lipinski definition) is 5. The Kier molecular flexibility index (Phi) is 5.96. The third-order valence-corrected chi connectivity index (χ3v) is 5.50. The van der Waals surface area contributed by atoms with Crippen molar-refractivity contribution in [3.05, 3.63) is 76.5 Å². The maximum Gasteiger partial charge on any atom is 0.263 e. The van der Waals surface area contributed by atoms with Crippen molar-refractivity contribution in [2.45, 2.75) is 11.8 Å². The molecule has 0 saturated carbocycles. The predicted octanol–water partition coefficient (Wildman–Crippen LogP) is 4.20. The Balaban J connectivity index is 1.63. The van der Waals surface area contributed by atoms with Crippen LogP contribution in [0.3, 0.4) is 0 Å². The van der Waals surface area contributed by atoms with Gasteiger partial charge in [0.2, 0.25) is 5.91 Å². The summed E-state index contributed by atoms with van der Waals surface area (Å²) < 4.78 is 32.8. The van der Waals surface area contributed by atoms with Gasteiger partial charge in [-0.1, -0.05) is 33.2 Å². The highest BCUT2D eigenvalue weighted by molar-refractivity contribution is 9.10. The third-order valence-electron chi connectivity index (χ3n) is 3.60. The second kappa shape index (κ2) is 8.41. The minimum Gasteiger partial charge on any atom is -0.360 e. The quantitative estimate of drug-likeness (QED) is 0.535. The summed E-state index contributed by atoms with van der Waals surface area (Å²) in [4.78, 5) is 12.1. The number of sulfonamides is 1. The van der Waals surface area contributed by atoms with Crippen molar-refractivity contribution >= 4 is 49.4 Å². The molecule has 0 aliphatic heterocycles. The van der Waals surface area contributed by atoms with Gasteiger partial charge in [-0.25, -0.2) is 8.42 Å². The highest BCUT2D eigenvalue weighted by atomic mass is 79.9. The fraction of sp³-hybridized carbons (Fsp3) is 0.0526. The molecule has 1 heterocycles. The molecule has 7 nitrogen and oxygen atoms in total. The number of nitrogens with one attached hydrogen (secondary N) is 2. The average molecular weight is 462 g/mol. The lowest BCUT2D eigenvalue weighted by Crippen LogP contribution is -2.13. The van der Waals surface area contributed by atoms with Crippen LogP contribution in [0.15, 0.2) is 74.6 Å². The number of hydrogen-bond donors (Lipinski definition) is 2. The number of anilines is 2. The van der Waals surface area contributed by atoms with Gasteiger partial charge >= 0.3 is 0 Å². The molecule has 0 aliphatic rings. The van der Waals surface area contributed by atoms with Crippen molar-refractivity contribution in [2.24, 2.45) is 0 Å². The van der Waals surface area contributed by atoms with Gasteiger partial charge in [0, 0.05) is 22.3 Å². The second-order valence-corrected chi connectivity index (χ2v) is 8.42. The largest absolute Gasteiger partial charge is 0.360 e. The van der Waals surface area contributed by atoms with Crippen LogP contribution in [-0.4, -0.2) is 19.5 Å². The second-order valence-electron chi connectivity index (χ2n) is 5.83. The molecule has 28 heavy (non-hydrogen) atoms. The molecule has 1 amide bonds. The fourth-order valence-corrected chi connectivity index (χ4v) is 3.51. The molecule has 0 bridgehead atoms. The van der Waals surface area contributed by atoms with Gasteiger partial charge in [-0.3, -0.25) is 9.52 Å². The molecule has 1 aromatic heterocycles. The number of benzene rings is 2. The van der Waals surface area contributed by atoms with Gasteiger partial charge in [-0.2, -0.15) is 0 Å². The normalized spacial score (nSPS) is 11.5. The zero-order valence-electron chi connectivity index (χ0n) is 14.7. The molecule has 0 fully saturated rings. The number of nitrogens with zero attached hydrogens (tertiary/aromatic N) is 1. The Morgan fingerprint density at radius 3 is 2.39 bits per heavy atom. The van der Waals surface area contributed by atoms with Crippen molar-refractivity contribution in [3.8, 4) is 0 Å². The molecular weight excluding hydrogens is 446 g/mol. The zero-order chi connectivity index (χ0) is 20.1. The summed E-state index contributed by atoms with van der Waals surface area (Å²) in [6, 6.07) is 14.8. The Labute approximate surface area is 170 Å². The van der Waals surface area contributed by atoms with Crippen LogP contribution in [0, 0.1) is 6.92 Å². The van der Waals surface area contributed by atoms with E-state index in [1.165, 1.54) is 36.4 Å². The average Bonchev–Trinajstić information content (AvgIpc) is 3.06. The summed E-state index contributed by atoms with van der Waals surface area (Å²) in [6.07, 6.45) is 3.09. The lowest BCUT2D eigenvalue weighted by Gasteiger charge is -2.06. The van der Waals surface area contributed by atoms with Crippen LogP contribution in [0.2, 0.25) is 0 Å². The third kappa shape index (κ3) is 5.30. The van der Waals surface area contributed by atoms with Gasteiger partial charge in [-0.05, 0) is 55.0 Å². The highest BCUT2D eigenvalue weighted by Crippen LogP contribution is 2.18. The van der Waals surface area contributed by atoms with E-state index < -0.39 is 10.0 Å². The van der Waals surface area contributed by atoms with Gasteiger partial charge in [0.1, 0.15) is 5.76 Å². The SMILES string of the molecule is Cc1cc(NS(=O)(=O)c2ccc(NC(=O)/C=C/c3ccc(Br)cc3)cc2)no1. The number of carbonyl (C=O) groups excluding carboxylic acids is 1. The van der Waals surface area contributed by atoms with E-state index in [1.54, 1.807) is 13.0 Å². The van der Waals surface area contributed by atoms with Crippen LogP contribution in [0.1, 0.15) is 11.3 Å². The van der Waals surface area contributed by atoms with Crippen molar-refractivity contribution in [1.29, 1.82) is 0 Å². The van der Waals surface area contributed by atoms with E-state index in [0.717, 1.165) is 10.0 Å². The smallest absolute Gasteiger partial charge is 0.263 e. The molecule has 0 saturated heterocycles.